The van der Waals surface area contributed by atoms with Gasteiger partial charge in [-0.2, -0.15) is 0 Å². The summed E-state index contributed by atoms with van der Waals surface area (Å²) < 4.78 is 5.62. The molecule has 3 nitrogen and oxygen atoms in total. The first-order chi connectivity index (χ1) is 11.7. The zero-order chi connectivity index (χ0) is 16.9. The van der Waals surface area contributed by atoms with Crippen LogP contribution in [0.3, 0.4) is 0 Å². The molecule has 2 aromatic carbocycles. The molecule has 0 spiro atoms. The van der Waals surface area contributed by atoms with Crippen LogP contribution >= 0.6 is 0 Å². The number of carboxylic acids is 1. The number of benzene rings is 2. The summed E-state index contributed by atoms with van der Waals surface area (Å²) in [5, 5.41) is 9.49. The Balaban J connectivity index is 1.90. The Morgan fingerprint density at radius 3 is 2.38 bits per heavy atom. The second-order valence-corrected chi connectivity index (χ2v) is 6.46. The molecule has 3 heteroatoms. The van der Waals surface area contributed by atoms with Gasteiger partial charge in [0.1, 0.15) is 5.75 Å². The van der Waals surface area contributed by atoms with Gasteiger partial charge in [-0.05, 0) is 60.1 Å². The van der Waals surface area contributed by atoms with Crippen molar-refractivity contribution < 1.29 is 14.6 Å². The Morgan fingerprint density at radius 1 is 1.08 bits per heavy atom. The van der Waals surface area contributed by atoms with Crippen molar-refractivity contribution in [1.29, 1.82) is 0 Å². The topological polar surface area (TPSA) is 46.5 Å². The van der Waals surface area contributed by atoms with Crippen LogP contribution in [0, 0.1) is 0 Å². The fraction of sp³-hybridized carbons (Fsp3) is 0.381. The van der Waals surface area contributed by atoms with Gasteiger partial charge in [0.25, 0.3) is 0 Å². The number of carbonyl (C=O) groups is 1. The van der Waals surface area contributed by atoms with E-state index in [4.69, 9.17) is 4.74 Å². The third kappa shape index (κ3) is 3.61. The third-order valence-electron chi connectivity index (χ3n) is 4.74. The molecule has 1 aliphatic carbocycles. The van der Waals surface area contributed by atoms with Gasteiger partial charge in [0.15, 0.2) is 0 Å². The maximum atomic E-state index is 11.6. The summed E-state index contributed by atoms with van der Waals surface area (Å²) in [7, 11) is 0. The van der Waals surface area contributed by atoms with Crippen LogP contribution in [0.4, 0.5) is 0 Å². The average molecular weight is 324 g/mol. The summed E-state index contributed by atoms with van der Waals surface area (Å²) in [6.07, 6.45) is 5.55. The highest BCUT2D eigenvalue weighted by Gasteiger charge is 2.23. The minimum atomic E-state index is -0.827. The first kappa shape index (κ1) is 16.6. The fourth-order valence-corrected chi connectivity index (χ4v) is 3.48. The average Bonchev–Trinajstić information content (AvgIpc) is 3.14. The molecule has 2 aromatic rings. The fourth-order valence-electron chi connectivity index (χ4n) is 3.48. The van der Waals surface area contributed by atoms with Crippen molar-refractivity contribution in [3.05, 3.63) is 53.6 Å². The Labute approximate surface area is 143 Å². The molecule has 0 saturated heterocycles. The van der Waals surface area contributed by atoms with Crippen molar-refractivity contribution >= 4 is 5.97 Å². The van der Waals surface area contributed by atoms with Crippen LogP contribution in [-0.4, -0.2) is 17.7 Å². The van der Waals surface area contributed by atoms with E-state index >= 15 is 0 Å². The lowest BCUT2D eigenvalue weighted by Crippen LogP contribution is -2.05. The van der Waals surface area contributed by atoms with Gasteiger partial charge in [0.2, 0.25) is 0 Å². The number of hydrogen-bond donors (Lipinski definition) is 1. The molecular formula is C21H24O3. The lowest BCUT2D eigenvalue weighted by atomic mass is 9.89. The number of hydrogen-bond acceptors (Lipinski definition) is 2. The Kier molecular flexibility index (Phi) is 5.19. The summed E-state index contributed by atoms with van der Waals surface area (Å²) in [5.41, 5.74) is 3.61. The molecule has 1 aliphatic rings. The Bertz CT molecular complexity index is 698. The van der Waals surface area contributed by atoms with Gasteiger partial charge in [-0.3, -0.25) is 0 Å². The molecule has 0 unspecified atom stereocenters. The number of ether oxygens (including phenoxy) is 1. The molecule has 0 aliphatic heterocycles. The highest BCUT2D eigenvalue weighted by Crippen LogP contribution is 2.38. The van der Waals surface area contributed by atoms with Gasteiger partial charge in [-0.25, -0.2) is 4.79 Å². The highest BCUT2D eigenvalue weighted by molar-refractivity contribution is 5.90. The zero-order valence-electron chi connectivity index (χ0n) is 14.1. The zero-order valence-corrected chi connectivity index (χ0v) is 14.1. The van der Waals surface area contributed by atoms with Gasteiger partial charge in [0.05, 0.1) is 12.2 Å². The molecule has 1 fully saturated rings. The van der Waals surface area contributed by atoms with Crippen LogP contribution in [0.15, 0.2) is 42.5 Å². The van der Waals surface area contributed by atoms with E-state index in [2.05, 4.69) is 13.0 Å². The molecule has 0 radical (unpaired) electrons. The minimum absolute atomic E-state index is 0.378. The van der Waals surface area contributed by atoms with E-state index in [0.717, 1.165) is 48.3 Å². The van der Waals surface area contributed by atoms with Gasteiger partial charge in [0, 0.05) is 0 Å². The van der Waals surface area contributed by atoms with Gasteiger partial charge in [-0.1, -0.05) is 44.0 Å². The smallest absolute Gasteiger partial charge is 0.335 e. The summed E-state index contributed by atoms with van der Waals surface area (Å²) >= 11 is 0. The second kappa shape index (κ2) is 7.52. The summed E-state index contributed by atoms with van der Waals surface area (Å²) in [6.45, 7) is 2.81. The van der Waals surface area contributed by atoms with Crippen molar-refractivity contribution in [2.45, 2.75) is 44.9 Å². The van der Waals surface area contributed by atoms with E-state index in [1.807, 2.05) is 30.3 Å². The van der Waals surface area contributed by atoms with Gasteiger partial charge >= 0.3 is 5.97 Å². The number of carboxylic acid groups (broad SMARTS) is 1. The molecule has 3 rings (SSSR count). The van der Waals surface area contributed by atoms with Crippen LogP contribution in [0.25, 0.3) is 11.1 Å². The van der Waals surface area contributed by atoms with Crippen molar-refractivity contribution in [3.63, 3.8) is 0 Å². The Morgan fingerprint density at radius 2 is 1.75 bits per heavy atom. The quantitative estimate of drug-likeness (QED) is 0.763. The molecule has 24 heavy (non-hydrogen) atoms. The van der Waals surface area contributed by atoms with Crippen LogP contribution in [0.1, 0.15) is 60.9 Å². The molecule has 0 atom stereocenters. The maximum Gasteiger partial charge on any atom is 0.335 e. The number of aromatic carboxylic acids is 1. The first-order valence-corrected chi connectivity index (χ1v) is 8.79. The standard InChI is InChI=1S/C21H24O3/c1-2-13-24-18-10-7-15(8-11-18)17-9-12-19(21(22)23)20(14-17)16-5-3-4-6-16/h7-12,14,16H,2-6,13H2,1H3,(H,22,23). The van der Waals surface area contributed by atoms with E-state index in [1.165, 1.54) is 12.8 Å². The SMILES string of the molecule is CCCOc1ccc(-c2ccc(C(=O)O)c(C3CCCC3)c2)cc1. The Hall–Kier alpha value is -2.29. The monoisotopic (exact) mass is 324 g/mol. The van der Waals surface area contributed by atoms with Gasteiger partial charge in [-0.15, -0.1) is 0 Å². The molecule has 0 aromatic heterocycles. The highest BCUT2D eigenvalue weighted by atomic mass is 16.5. The van der Waals surface area contributed by atoms with Crippen LogP contribution in [0.5, 0.6) is 5.75 Å². The predicted molar refractivity (Wildman–Crippen MR) is 95.8 cm³/mol. The molecule has 1 N–H and O–H groups in total. The molecule has 0 heterocycles. The van der Waals surface area contributed by atoms with Crippen LogP contribution in [-0.2, 0) is 0 Å². The van der Waals surface area contributed by atoms with Crippen LogP contribution < -0.4 is 4.74 Å². The minimum Gasteiger partial charge on any atom is -0.494 e. The molecule has 0 amide bonds. The van der Waals surface area contributed by atoms with E-state index in [-0.39, 0.29) is 0 Å². The molecule has 0 bridgehead atoms. The predicted octanol–water partition coefficient (Wildman–Crippen LogP) is 5.50. The number of rotatable bonds is 6. The summed E-state index contributed by atoms with van der Waals surface area (Å²) in [6, 6.07) is 13.8. The lowest BCUT2D eigenvalue weighted by Gasteiger charge is -2.15. The van der Waals surface area contributed by atoms with Crippen molar-refractivity contribution in [2.24, 2.45) is 0 Å². The molecule has 126 valence electrons. The molecular weight excluding hydrogens is 300 g/mol. The summed E-state index contributed by atoms with van der Waals surface area (Å²) in [5.74, 6) is 0.425. The van der Waals surface area contributed by atoms with E-state index in [1.54, 1.807) is 6.07 Å². The van der Waals surface area contributed by atoms with E-state index < -0.39 is 5.97 Å². The second-order valence-electron chi connectivity index (χ2n) is 6.46. The summed E-state index contributed by atoms with van der Waals surface area (Å²) in [4.78, 5) is 11.6. The van der Waals surface area contributed by atoms with Gasteiger partial charge < -0.3 is 9.84 Å². The third-order valence-corrected chi connectivity index (χ3v) is 4.74. The maximum absolute atomic E-state index is 11.6. The van der Waals surface area contributed by atoms with Crippen molar-refractivity contribution in [2.75, 3.05) is 6.61 Å². The molecule has 1 saturated carbocycles. The normalized spacial score (nSPS) is 14.7. The van der Waals surface area contributed by atoms with E-state index in [0.29, 0.717) is 11.5 Å². The largest absolute Gasteiger partial charge is 0.494 e. The first-order valence-electron chi connectivity index (χ1n) is 8.79. The van der Waals surface area contributed by atoms with E-state index in [9.17, 15) is 9.90 Å². The van der Waals surface area contributed by atoms with Crippen LogP contribution in [0.2, 0.25) is 0 Å². The lowest BCUT2D eigenvalue weighted by molar-refractivity contribution is 0.0695. The van der Waals surface area contributed by atoms with Crippen molar-refractivity contribution in [1.82, 2.24) is 0 Å². The van der Waals surface area contributed by atoms with Crippen molar-refractivity contribution in [3.8, 4) is 16.9 Å².